The molecular weight excluding hydrogens is 392 g/mol. The Bertz CT molecular complexity index is 1160. The van der Waals surface area contributed by atoms with Crippen LogP contribution >= 0.6 is 0 Å². The Balaban J connectivity index is 1.45. The van der Waals surface area contributed by atoms with Gasteiger partial charge in [0.2, 0.25) is 5.78 Å². The maximum Gasteiger partial charge on any atom is 0.336 e. The molecule has 3 aromatic rings. The molecule has 0 radical (unpaired) electrons. The lowest BCUT2D eigenvalue weighted by molar-refractivity contribution is -0.128. The summed E-state index contributed by atoms with van der Waals surface area (Å²) in [6, 6.07) is 21.5. The second kappa shape index (κ2) is 9.13. The molecule has 5 nitrogen and oxygen atoms in total. The number of benzene rings is 3. The van der Waals surface area contributed by atoms with Gasteiger partial charge >= 0.3 is 5.97 Å². The van der Waals surface area contributed by atoms with Gasteiger partial charge in [0.25, 0.3) is 0 Å². The van der Waals surface area contributed by atoms with E-state index in [2.05, 4.69) is 0 Å². The fourth-order valence-electron chi connectivity index (χ4n) is 3.09. The van der Waals surface area contributed by atoms with Gasteiger partial charge in [-0.1, -0.05) is 42.5 Å². The van der Waals surface area contributed by atoms with Gasteiger partial charge < -0.3 is 14.2 Å². The van der Waals surface area contributed by atoms with E-state index in [9.17, 15) is 9.59 Å². The van der Waals surface area contributed by atoms with Crippen molar-refractivity contribution in [2.24, 2.45) is 0 Å². The second-order valence-corrected chi connectivity index (χ2v) is 6.76. The van der Waals surface area contributed by atoms with Gasteiger partial charge in [-0.3, -0.25) is 4.79 Å². The van der Waals surface area contributed by atoms with Crippen LogP contribution in [0.1, 0.15) is 28.4 Å². The number of ether oxygens (including phenoxy) is 3. The predicted molar refractivity (Wildman–Crippen MR) is 118 cm³/mol. The van der Waals surface area contributed by atoms with Crippen molar-refractivity contribution < 1.29 is 23.8 Å². The van der Waals surface area contributed by atoms with Crippen LogP contribution in [-0.4, -0.2) is 18.4 Å². The van der Waals surface area contributed by atoms with E-state index in [0.717, 1.165) is 16.9 Å². The molecule has 0 unspecified atom stereocenters. The molecule has 0 spiro atoms. The van der Waals surface area contributed by atoms with Gasteiger partial charge in [-0.25, -0.2) is 4.79 Å². The van der Waals surface area contributed by atoms with Crippen molar-refractivity contribution in [1.82, 2.24) is 0 Å². The summed E-state index contributed by atoms with van der Waals surface area (Å²) >= 11 is 0. The monoisotopic (exact) mass is 412 g/mol. The first-order valence-corrected chi connectivity index (χ1v) is 9.88. The fraction of sp³-hybridized carbons (Fsp3) is 0.0769. The maximum absolute atomic E-state index is 12.6. The highest BCUT2D eigenvalue weighted by Gasteiger charge is 2.28. The number of esters is 1. The number of rotatable bonds is 6. The Morgan fingerprint density at radius 3 is 2.42 bits per heavy atom. The largest absolute Gasteiger partial charge is 0.494 e. The molecule has 3 aromatic carbocycles. The molecule has 1 heterocycles. The van der Waals surface area contributed by atoms with Crippen molar-refractivity contribution >= 4 is 23.9 Å². The molecular formula is C26H20O5. The summed E-state index contributed by atoms with van der Waals surface area (Å²) in [6.07, 6.45) is 4.70. The Hall–Kier alpha value is -4.12. The summed E-state index contributed by atoms with van der Waals surface area (Å²) in [7, 11) is 0. The first-order chi connectivity index (χ1) is 15.1. The van der Waals surface area contributed by atoms with Gasteiger partial charge in [-0.15, -0.1) is 0 Å². The van der Waals surface area contributed by atoms with Gasteiger partial charge in [0.1, 0.15) is 17.2 Å². The lowest BCUT2D eigenvalue weighted by Crippen LogP contribution is -2.03. The van der Waals surface area contributed by atoms with Crippen molar-refractivity contribution in [2.45, 2.75) is 6.92 Å². The Labute approximate surface area is 180 Å². The van der Waals surface area contributed by atoms with E-state index >= 15 is 0 Å². The van der Waals surface area contributed by atoms with Crippen LogP contribution in [0.3, 0.4) is 0 Å². The van der Waals surface area contributed by atoms with Gasteiger partial charge in [0.15, 0.2) is 5.76 Å². The molecule has 0 aromatic heterocycles. The van der Waals surface area contributed by atoms with Gasteiger partial charge in [0.05, 0.1) is 12.2 Å². The van der Waals surface area contributed by atoms with Crippen molar-refractivity contribution in [3.8, 4) is 17.2 Å². The first-order valence-electron chi connectivity index (χ1n) is 9.88. The third-order valence-corrected chi connectivity index (χ3v) is 4.56. The van der Waals surface area contributed by atoms with Gasteiger partial charge in [-0.2, -0.15) is 0 Å². The van der Waals surface area contributed by atoms with Crippen LogP contribution in [0.4, 0.5) is 0 Å². The minimum atomic E-state index is -0.515. The van der Waals surface area contributed by atoms with Crippen LogP contribution in [0.5, 0.6) is 17.2 Å². The molecule has 0 atom stereocenters. The van der Waals surface area contributed by atoms with Crippen LogP contribution in [0.15, 0.2) is 84.6 Å². The predicted octanol–water partition coefficient (Wildman–Crippen LogP) is 5.32. The van der Waals surface area contributed by atoms with Crippen molar-refractivity contribution in [3.63, 3.8) is 0 Å². The van der Waals surface area contributed by atoms with Gasteiger partial charge in [-0.05, 0) is 54.5 Å². The van der Waals surface area contributed by atoms with E-state index < -0.39 is 5.97 Å². The number of carbonyl (C=O) groups excluding carboxylic acids is 2. The standard InChI is InChI=1S/C26H20O5/c1-2-29-20-11-8-19(9-12-20)16-24-26(28)22-14-13-21(17-23(22)31-24)30-25(27)15-10-18-6-4-3-5-7-18/h3-17H,2H2,1H3. The van der Waals surface area contributed by atoms with E-state index in [-0.39, 0.29) is 11.5 Å². The third-order valence-electron chi connectivity index (χ3n) is 4.56. The number of hydrogen-bond donors (Lipinski definition) is 0. The first kappa shape index (κ1) is 20.2. The maximum atomic E-state index is 12.6. The number of allylic oxidation sites excluding steroid dienone is 1. The summed E-state index contributed by atoms with van der Waals surface area (Å²) in [5.74, 6) is 0.908. The van der Waals surface area contributed by atoms with Crippen LogP contribution in [0.25, 0.3) is 12.2 Å². The number of ketones is 1. The summed E-state index contributed by atoms with van der Waals surface area (Å²) in [6.45, 7) is 2.51. The zero-order valence-electron chi connectivity index (χ0n) is 16.9. The average Bonchev–Trinajstić information content (AvgIpc) is 3.09. The van der Waals surface area contributed by atoms with E-state index in [1.807, 2.05) is 61.5 Å². The molecule has 1 aliphatic heterocycles. The minimum absolute atomic E-state index is 0.214. The van der Waals surface area contributed by atoms with Crippen molar-refractivity contribution in [1.29, 1.82) is 0 Å². The van der Waals surface area contributed by atoms with Crippen LogP contribution in [0, 0.1) is 0 Å². The van der Waals surface area contributed by atoms with Crippen molar-refractivity contribution in [2.75, 3.05) is 6.61 Å². The Morgan fingerprint density at radius 2 is 1.68 bits per heavy atom. The molecule has 154 valence electrons. The molecule has 0 amide bonds. The van der Waals surface area contributed by atoms with Gasteiger partial charge in [0, 0.05) is 12.1 Å². The Kier molecular flexibility index (Phi) is 5.94. The Morgan fingerprint density at radius 1 is 0.935 bits per heavy atom. The fourth-order valence-corrected chi connectivity index (χ4v) is 3.09. The van der Waals surface area contributed by atoms with E-state index in [0.29, 0.717) is 23.7 Å². The number of hydrogen-bond acceptors (Lipinski definition) is 5. The summed E-state index contributed by atoms with van der Waals surface area (Å²) in [4.78, 5) is 24.7. The molecule has 0 saturated heterocycles. The normalized spacial score (nSPS) is 13.8. The molecule has 4 rings (SSSR count). The molecule has 31 heavy (non-hydrogen) atoms. The minimum Gasteiger partial charge on any atom is -0.494 e. The van der Waals surface area contributed by atoms with Crippen LogP contribution < -0.4 is 14.2 Å². The molecule has 0 N–H and O–H groups in total. The summed E-state index contributed by atoms with van der Waals surface area (Å²) < 4.78 is 16.5. The van der Waals surface area contributed by atoms with Crippen LogP contribution in [-0.2, 0) is 4.79 Å². The van der Waals surface area contributed by atoms with Crippen molar-refractivity contribution in [3.05, 3.63) is 101 Å². The second-order valence-electron chi connectivity index (χ2n) is 6.76. The quantitative estimate of drug-likeness (QED) is 0.311. The number of fused-ring (bicyclic) bond motifs is 1. The number of carbonyl (C=O) groups is 2. The zero-order chi connectivity index (χ0) is 21.6. The molecule has 1 aliphatic rings. The lowest BCUT2D eigenvalue weighted by Gasteiger charge is -2.04. The van der Waals surface area contributed by atoms with E-state index in [4.69, 9.17) is 14.2 Å². The third kappa shape index (κ3) is 4.90. The molecule has 0 aliphatic carbocycles. The smallest absolute Gasteiger partial charge is 0.336 e. The summed E-state index contributed by atoms with van der Waals surface area (Å²) in [5.41, 5.74) is 2.14. The highest BCUT2D eigenvalue weighted by atomic mass is 16.5. The summed E-state index contributed by atoms with van der Waals surface area (Å²) in [5, 5.41) is 0. The molecule has 0 bridgehead atoms. The van der Waals surface area contributed by atoms with Crippen LogP contribution in [0.2, 0.25) is 0 Å². The topological polar surface area (TPSA) is 61.8 Å². The number of Topliss-reactive ketones (excluding diaryl/α,β-unsaturated/α-hetero) is 1. The zero-order valence-corrected chi connectivity index (χ0v) is 16.9. The van der Waals surface area contributed by atoms with E-state index in [1.165, 1.54) is 6.08 Å². The molecule has 5 heteroatoms. The molecule has 0 saturated carbocycles. The van der Waals surface area contributed by atoms with E-state index in [1.54, 1.807) is 30.4 Å². The SMILES string of the molecule is CCOc1ccc(C=C2Oc3cc(OC(=O)C=Cc4ccccc4)ccc3C2=O)cc1. The average molecular weight is 412 g/mol. The molecule has 0 fully saturated rings. The highest BCUT2D eigenvalue weighted by molar-refractivity contribution is 6.14. The highest BCUT2D eigenvalue weighted by Crippen LogP contribution is 2.35. The lowest BCUT2D eigenvalue weighted by atomic mass is 10.1.